The maximum Gasteiger partial charge on any atom is 0.306 e. The van der Waals surface area contributed by atoms with Gasteiger partial charge in [0, 0.05) is 19.3 Å². The summed E-state index contributed by atoms with van der Waals surface area (Å²) in [6, 6.07) is 0. The normalized spacial score (nSPS) is 12.5. The highest BCUT2D eigenvalue weighted by Gasteiger charge is 2.19. The lowest BCUT2D eigenvalue weighted by molar-refractivity contribution is -0.167. The van der Waals surface area contributed by atoms with Gasteiger partial charge in [0.2, 0.25) is 0 Å². The maximum atomic E-state index is 12.9. The number of hydrogen-bond donors (Lipinski definition) is 0. The highest BCUT2D eigenvalue weighted by molar-refractivity contribution is 5.71. The molecule has 0 rings (SSSR count). The second-order valence-electron chi connectivity index (χ2n) is 24.5. The molecule has 1 atom stereocenters. The molecule has 0 bridgehead atoms. The van der Waals surface area contributed by atoms with Crippen LogP contribution in [0.4, 0.5) is 0 Å². The minimum Gasteiger partial charge on any atom is -0.462 e. The summed E-state index contributed by atoms with van der Waals surface area (Å²) in [7, 11) is 0. The van der Waals surface area contributed by atoms with Crippen LogP contribution in [0.2, 0.25) is 0 Å². The van der Waals surface area contributed by atoms with Gasteiger partial charge in [-0.05, 0) is 83.5 Å². The second-order valence-corrected chi connectivity index (χ2v) is 24.5. The molecule has 0 aromatic rings. The smallest absolute Gasteiger partial charge is 0.306 e. The maximum absolute atomic E-state index is 12.9. The van der Waals surface area contributed by atoms with Crippen LogP contribution in [0.3, 0.4) is 0 Å². The monoisotopic (exact) mass is 1160 g/mol. The molecule has 0 radical (unpaired) electrons. The van der Waals surface area contributed by atoms with Crippen LogP contribution in [0.15, 0.2) is 72.9 Å². The first-order valence-corrected chi connectivity index (χ1v) is 36.4. The summed E-state index contributed by atoms with van der Waals surface area (Å²) in [5.74, 6) is -0.859. The fourth-order valence-electron chi connectivity index (χ4n) is 10.7. The quantitative estimate of drug-likeness (QED) is 0.0261. The molecule has 0 heterocycles. The van der Waals surface area contributed by atoms with E-state index in [2.05, 4.69) is 93.7 Å². The second kappa shape index (κ2) is 71.3. The van der Waals surface area contributed by atoms with Gasteiger partial charge in [0.1, 0.15) is 13.2 Å². The Bertz CT molecular complexity index is 1520. The Hall–Kier alpha value is -3.15. The molecule has 0 aliphatic carbocycles. The molecule has 0 spiro atoms. The molecule has 0 N–H and O–H groups in total. The van der Waals surface area contributed by atoms with Gasteiger partial charge in [0.05, 0.1) is 0 Å². The Balaban J connectivity index is 4.15. The molecule has 0 fully saturated rings. The third kappa shape index (κ3) is 69.5. The molecule has 0 aromatic carbocycles. The van der Waals surface area contributed by atoms with Crippen molar-refractivity contribution < 1.29 is 28.6 Å². The van der Waals surface area contributed by atoms with Crippen molar-refractivity contribution in [2.75, 3.05) is 13.2 Å². The number of esters is 3. The Labute approximate surface area is 516 Å². The topological polar surface area (TPSA) is 78.9 Å². The zero-order valence-corrected chi connectivity index (χ0v) is 55.5. The highest BCUT2D eigenvalue weighted by Crippen LogP contribution is 2.18. The molecule has 0 saturated carbocycles. The van der Waals surface area contributed by atoms with E-state index in [0.29, 0.717) is 19.3 Å². The van der Waals surface area contributed by atoms with Crippen LogP contribution < -0.4 is 0 Å². The molecule has 6 heteroatoms. The number of unbranched alkanes of at least 4 members (excludes halogenated alkanes) is 44. The van der Waals surface area contributed by atoms with Crippen LogP contribution in [0.25, 0.3) is 0 Å². The lowest BCUT2D eigenvalue weighted by Gasteiger charge is -2.18. The van der Waals surface area contributed by atoms with Crippen molar-refractivity contribution in [2.45, 2.75) is 386 Å². The highest BCUT2D eigenvalue weighted by atomic mass is 16.6. The standard InChI is InChI=1S/C77H138O6/c1-4-7-10-13-16-19-22-24-26-28-30-32-34-35-36-37-38-39-40-41-43-44-46-48-50-52-55-58-61-64-67-70-76(79)82-73-74(72-81-75(78)69-66-63-60-57-54-21-18-15-12-9-6-3)83-77(80)71-68-65-62-59-56-53-51-49-47-45-42-33-31-29-27-25-23-20-17-14-11-8-5-2/h7,10,15-16,18-19,24,26,30,32,35-36,74H,4-6,8-9,11-14,17,20-23,25,27-29,31,33-34,37-73H2,1-3H3/b10-7-,18-15-,19-16-,26-24-,32-30-,36-35-. The number of ether oxygens (including phenoxy) is 3. The largest absolute Gasteiger partial charge is 0.462 e. The number of carbonyl (C=O) groups excluding carboxylic acids is 3. The zero-order chi connectivity index (χ0) is 59.9. The third-order valence-electron chi connectivity index (χ3n) is 16.2. The van der Waals surface area contributed by atoms with Gasteiger partial charge < -0.3 is 14.2 Å². The molecule has 1 unspecified atom stereocenters. The summed E-state index contributed by atoms with van der Waals surface area (Å²) >= 11 is 0. The summed E-state index contributed by atoms with van der Waals surface area (Å²) in [5.41, 5.74) is 0. The van der Waals surface area contributed by atoms with E-state index in [-0.39, 0.29) is 31.1 Å². The number of rotatable bonds is 67. The van der Waals surface area contributed by atoms with Crippen molar-refractivity contribution >= 4 is 17.9 Å². The van der Waals surface area contributed by atoms with Gasteiger partial charge in [0.15, 0.2) is 6.10 Å². The molecular formula is C77H138O6. The van der Waals surface area contributed by atoms with Crippen LogP contribution in [0.1, 0.15) is 380 Å². The molecule has 482 valence electrons. The zero-order valence-electron chi connectivity index (χ0n) is 55.5. The summed E-state index contributed by atoms with van der Waals surface area (Å²) in [4.78, 5) is 38.4. The fourth-order valence-corrected chi connectivity index (χ4v) is 10.7. The van der Waals surface area contributed by atoms with Gasteiger partial charge in [0.25, 0.3) is 0 Å². The first kappa shape index (κ1) is 79.8. The van der Waals surface area contributed by atoms with Crippen molar-refractivity contribution in [1.29, 1.82) is 0 Å². The van der Waals surface area contributed by atoms with E-state index in [1.807, 2.05) is 0 Å². The molecule has 0 aliphatic rings. The molecule has 0 amide bonds. The summed E-state index contributed by atoms with van der Waals surface area (Å²) < 4.78 is 17.0. The Kier molecular flexibility index (Phi) is 68.6. The first-order valence-electron chi connectivity index (χ1n) is 36.4. The van der Waals surface area contributed by atoms with Gasteiger partial charge in [-0.25, -0.2) is 0 Å². The molecule has 6 nitrogen and oxygen atoms in total. The van der Waals surface area contributed by atoms with Gasteiger partial charge >= 0.3 is 17.9 Å². The van der Waals surface area contributed by atoms with Crippen molar-refractivity contribution in [1.82, 2.24) is 0 Å². The summed E-state index contributed by atoms with van der Waals surface area (Å²) in [6.45, 7) is 6.54. The first-order chi connectivity index (χ1) is 41.0. The molecular weight excluding hydrogens is 1020 g/mol. The predicted octanol–water partition coefficient (Wildman–Crippen LogP) is 25.2. The van der Waals surface area contributed by atoms with E-state index >= 15 is 0 Å². The van der Waals surface area contributed by atoms with Gasteiger partial charge in [-0.3, -0.25) is 14.4 Å². The van der Waals surface area contributed by atoms with Crippen molar-refractivity contribution in [3.05, 3.63) is 72.9 Å². The SMILES string of the molecule is CC/C=C\C/C=C\C/C=C\C/C=C\C/C=C\CCCCCCCCCCCCCCCCCC(=O)OCC(COC(=O)CCCCCCC/C=C\CCCC)OC(=O)CCCCCCCCCCCCCCCCCCCCCCCCC. The predicted molar refractivity (Wildman–Crippen MR) is 362 cm³/mol. The Morgan fingerprint density at radius 1 is 0.253 bits per heavy atom. The molecule has 0 aromatic heterocycles. The lowest BCUT2D eigenvalue weighted by atomic mass is 10.0. The number of allylic oxidation sites excluding steroid dienone is 12. The third-order valence-corrected chi connectivity index (χ3v) is 16.2. The minimum atomic E-state index is -0.776. The van der Waals surface area contributed by atoms with E-state index < -0.39 is 6.10 Å². The van der Waals surface area contributed by atoms with Crippen molar-refractivity contribution in [2.24, 2.45) is 0 Å². The van der Waals surface area contributed by atoms with Gasteiger partial charge in [-0.15, -0.1) is 0 Å². The summed E-state index contributed by atoms with van der Waals surface area (Å²) in [5, 5.41) is 0. The van der Waals surface area contributed by atoms with E-state index in [1.165, 1.54) is 244 Å². The van der Waals surface area contributed by atoms with E-state index in [4.69, 9.17) is 14.2 Å². The number of carbonyl (C=O) groups is 3. The van der Waals surface area contributed by atoms with Crippen molar-refractivity contribution in [3.63, 3.8) is 0 Å². The molecule has 0 aliphatic heterocycles. The van der Waals surface area contributed by atoms with E-state index in [1.54, 1.807) is 0 Å². The summed E-state index contributed by atoms with van der Waals surface area (Å²) in [6.07, 6.45) is 93.8. The average Bonchev–Trinajstić information content (AvgIpc) is 3.48. The Morgan fingerprint density at radius 3 is 0.783 bits per heavy atom. The van der Waals surface area contributed by atoms with Crippen molar-refractivity contribution in [3.8, 4) is 0 Å². The van der Waals surface area contributed by atoms with Crippen LogP contribution in [0, 0.1) is 0 Å². The Morgan fingerprint density at radius 2 is 0.482 bits per heavy atom. The average molecular weight is 1160 g/mol. The molecule has 83 heavy (non-hydrogen) atoms. The lowest BCUT2D eigenvalue weighted by Crippen LogP contribution is -2.30. The van der Waals surface area contributed by atoms with Gasteiger partial charge in [-0.2, -0.15) is 0 Å². The van der Waals surface area contributed by atoms with Crippen LogP contribution >= 0.6 is 0 Å². The minimum absolute atomic E-state index is 0.0728. The van der Waals surface area contributed by atoms with Gasteiger partial charge in [-0.1, -0.05) is 351 Å². The van der Waals surface area contributed by atoms with Crippen LogP contribution in [0.5, 0.6) is 0 Å². The molecule has 0 saturated heterocycles. The van der Waals surface area contributed by atoms with E-state index in [9.17, 15) is 14.4 Å². The van der Waals surface area contributed by atoms with Crippen LogP contribution in [-0.2, 0) is 28.6 Å². The van der Waals surface area contributed by atoms with E-state index in [0.717, 1.165) is 96.3 Å². The number of hydrogen-bond acceptors (Lipinski definition) is 6. The van der Waals surface area contributed by atoms with Crippen LogP contribution in [-0.4, -0.2) is 37.2 Å². The fraction of sp³-hybridized carbons (Fsp3) is 0.805.